The van der Waals surface area contributed by atoms with E-state index in [0.29, 0.717) is 0 Å². The average molecular weight is 192 g/mol. The van der Waals surface area contributed by atoms with Gasteiger partial charge in [-0.2, -0.15) is 0 Å². The fraction of sp³-hybridized carbons (Fsp3) is 1.00. The van der Waals surface area contributed by atoms with Gasteiger partial charge in [0.25, 0.3) is 0 Å². The van der Waals surface area contributed by atoms with Crippen molar-refractivity contribution in [2.24, 2.45) is 0 Å². The first-order valence-corrected chi connectivity index (χ1v) is 5.30. The van der Waals surface area contributed by atoms with Crippen LogP contribution in [0.3, 0.4) is 0 Å². The van der Waals surface area contributed by atoms with Gasteiger partial charge in [-0.1, -0.05) is 0 Å². The first-order valence-electron chi connectivity index (χ1n) is 4.07. The molecule has 73 valence electrons. The highest BCUT2D eigenvalue weighted by Crippen LogP contribution is 1.93. The molecule has 0 spiro atoms. The van der Waals surface area contributed by atoms with Gasteiger partial charge in [-0.15, -0.1) is 0 Å². The SMILES string of the molecule is CNCCCCO[Si](OC)OC. The number of hydrogen-bond acceptors (Lipinski definition) is 4. The van der Waals surface area contributed by atoms with Crippen LogP contribution in [0.2, 0.25) is 0 Å². The molecule has 12 heavy (non-hydrogen) atoms. The van der Waals surface area contributed by atoms with Crippen molar-refractivity contribution in [3.63, 3.8) is 0 Å². The lowest BCUT2D eigenvalue weighted by Crippen LogP contribution is -2.24. The second-order valence-electron chi connectivity index (χ2n) is 2.32. The van der Waals surface area contributed by atoms with E-state index in [1.54, 1.807) is 14.2 Å². The molecule has 0 atom stereocenters. The molecule has 1 N–H and O–H groups in total. The lowest BCUT2D eigenvalue weighted by Gasteiger charge is -2.08. The molecule has 5 heteroatoms. The van der Waals surface area contributed by atoms with Gasteiger partial charge in [0.1, 0.15) is 0 Å². The second-order valence-corrected chi connectivity index (χ2v) is 3.92. The molecule has 0 aliphatic carbocycles. The summed E-state index contributed by atoms with van der Waals surface area (Å²) in [6, 6.07) is 0. The minimum absolute atomic E-state index is 0.720. The summed E-state index contributed by atoms with van der Waals surface area (Å²) in [6.45, 7) is 1.75. The zero-order chi connectivity index (χ0) is 9.23. The molecule has 0 aliphatic rings. The molecule has 0 amide bonds. The molecular weight excluding hydrogens is 174 g/mol. The minimum atomic E-state index is -1.43. The van der Waals surface area contributed by atoms with Crippen LogP contribution in [0.4, 0.5) is 0 Å². The van der Waals surface area contributed by atoms with Crippen LogP contribution in [0.5, 0.6) is 0 Å². The van der Waals surface area contributed by atoms with Gasteiger partial charge in [0.15, 0.2) is 0 Å². The smallest absolute Gasteiger partial charge is 0.375 e. The Labute approximate surface area is 76.2 Å². The fourth-order valence-electron chi connectivity index (χ4n) is 0.761. The van der Waals surface area contributed by atoms with E-state index in [1.165, 1.54) is 0 Å². The van der Waals surface area contributed by atoms with E-state index in [1.807, 2.05) is 7.05 Å². The third-order valence-corrected chi connectivity index (χ3v) is 2.48. The van der Waals surface area contributed by atoms with Gasteiger partial charge in [0.2, 0.25) is 0 Å². The molecule has 0 rings (SSSR count). The summed E-state index contributed by atoms with van der Waals surface area (Å²) in [4.78, 5) is 0. The largest absolute Gasteiger partial charge is 0.577 e. The number of rotatable bonds is 8. The summed E-state index contributed by atoms with van der Waals surface area (Å²) in [5, 5.41) is 3.07. The molecular formula is C7H18NO3Si. The van der Waals surface area contributed by atoms with Crippen LogP contribution >= 0.6 is 0 Å². The Morgan fingerprint density at radius 2 is 1.83 bits per heavy atom. The van der Waals surface area contributed by atoms with Gasteiger partial charge in [-0.25, -0.2) is 0 Å². The summed E-state index contributed by atoms with van der Waals surface area (Å²) in [5.74, 6) is 0. The first-order chi connectivity index (χ1) is 5.85. The molecule has 0 bridgehead atoms. The van der Waals surface area contributed by atoms with Crippen molar-refractivity contribution in [1.82, 2.24) is 5.32 Å². The Kier molecular flexibility index (Phi) is 9.19. The highest BCUT2D eigenvalue weighted by molar-refractivity contribution is 6.36. The van der Waals surface area contributed by atoms with E-state index in [4.69, 9.17) is 13.3 Å². The standard InChI is InChI=1S/C7H18NO3Si/c1-8-6-4-5-7-11-12(9-2)10-3/h8H,4-7H2,1-3H3. The Morgan fingerprint density at radius 1 is 1.17 bits per heavy atom. The van der Waals surface area contributed by atoms with E-state index in [-0.39, 0.29) is 0 Å². The number of unbranched alkanes of at least 4 members (excludes halogenated alkanes) is 1. The third kappa shape index (κ3) is 6.75. The molecule has 0 aromatic carbocycles. The predicted octanol–water partition coefficient (Wildman–Crippen LogP) is 0.280. The summed E-state index contributed by atoms with van der Waals surface area (Å²) >= 11 is 0. The van der Waals surface area contributed by atoms with Crippen LogP contribution in [-0.4, -0.2) is 43.9 Å². The quantitative estimate of drug-likeness (QED) is 0.443. The van der Waals surface area contributed by atoms with Crippen molar-refractivity contribution in [2.45, 2.75) is 12.8 Å². The Hall–Kier alpha value is 0.0569. The molecule has 0 aromatic rings. The van der Waals surface area contributed by atoms with Crippen LogP contribution in [0, 0.1) is 0 Å². The molecule has 0 fully saturated rings. The van der Waals surface area contributed by atoms with Crippen molar-refractivity contribution in [2.75, 3.05) is 34.4 Å². The van der Waals surface area contributed by atoms with Crippen LogP contribution in [-0.2, 0) is 13.3 Å². The van der Waals surface area contributed by atoms with Crippen LogP contribution in [0.1, 0.15) is 12.8 Å². The molecule has 0 aliphatic heterocycles. The van der Waals surface area contributed by atoms with Gasteiger partial charge in [0, 0.05) is 20.8 Å². The maximum Gasteiger partial charge on any atom is 0.577 e. The number of nitrogens with one attached hydrogen (secondary N) is 1. The summed E-state index contributed by atoms with van der Waals surface area (Å²) in [5.41, 5.74) is 0. The first kappa shape index (κ1) is 12.1. The maximum absolute atomic E-state index is 5.32. The molecule has 0 heterocycles. The van der Waals surface area contributed by atoms with Crippen molar-refractivity contribution >= 4 is 9.53 Å². The normalized spacial score (nSPS) is 11.0. The van der Waals surface area contributed by atoms with E-state index >= 15 is 0 Å². The van der Waals surface area contributed by atoms with Crippen LogP contribution in [0.15, 0.2) is 0 Å². The minimum Gasteiger partial charge on any atom is -0.375 e. The monoisotopic (exact) mass is 192 g/mol. The summed E-state index contributed by atoms with van der Waals surface area (Å²) in [7, 11) is 3.72. The zero-order valence-electron chi connectivity index (χ0n) is 8.05. The molecule has 0 saturated heterocycles. The van der Waals surface area contributed by atoms with Gasteiger partial charge in [-0.3, -0.25) is 0 Å². The van der Waals surface area contributed by atoms with Crippen molar-refractivity contribution in [1.29, 1.82) is 0 Å². The third-order valence-electron chi connectivity index (χ3n) is 1.37. The molecule has 0 saturated carbocycles. The fourth-order valence-corrected chi connectivity index (χ4v) is 1.47. The number of hydrogen-bond donors (Lipinski definition) is 1. The molecule has 0 unspecified atom stereocenters. The van der Waals surface area contributed by atoms with Gasteiger partial charge in [-0.05, 0) is 26.4 Å². The van der Waals surface area contributed by atoms with E-state index in [2.05, 4.69) is 5.32 Å². The Morgan fingerprint density at radius 3 is 2.33 bits per heavy atom. The van der Waals surface area contributed by atoms with E-state index in [0.717, 1.165) is 26.0 Å². The van der Waals surface area contributed by atoms with Gasteiger partial charge in [0.05, 0.1) is 0 Å². The summed E-state index contributed by atoms with van der Waals surface area (Å²) < 4.78 is 15.2. The highest BCUT2D eigenvalue weighted by Gasteiger charge is 2.13. The maximum atomic E-state index is 5.32. The van der Waals surface area contributed by atoms with Crippen molar-refractivity contribution in [3.8, 4) is 0 Å². The van der Waals surface area contributed by atoms with Crippen molar-refractivity contribution in [3.05, 3.63) is 0 Å². The lowest BCUT2D eigenvalue weighted by atomic mass is 10.3. The molecule has 4 nitrogen and oxygen atoms in total. The van der Waals surface area contributed by atoms with Crippen molar-refractivity contribution < 1.29 is 13.3 Å². The predicted molar refractivity (Wildman–Crippen MR) is 48.9 cm³/mol. The van der Waals surface area contributed by atoms with Crippen LogP contribution < -0.4 is 5.32 Å². The topological polar surface area (TPSA) is 39.7 Å². The molecule has 1 radical (unpaired) electrons. The highest BCUT2D eigenvalue weighted by atomic mass is 28.3. The van der Waals surface area contributed by atoms with E-state index in [9.17, 15) is 0 Å². The van der Waals surface area contributed by atoms with Gasteiger partial charge < -0.3 is 18.6 Å². The van der Waals surface area contributed by atoms with E-state index < -0.39 is 9.53 Å². The Balaban J connectivity index is 3.06. The molecule has 0 aromatic heterocycles. The second kappa shape index (κ2) is 9.15. The lowest BCUT2D eigenvalue weighted by molar-refractivity contribution is 0.133. The summed E-state index contributed by atoms with van der Waals surface area (Å²) in [6.07, 6.45) is 2.17. The van der Waals surface area contributed by atoms with Crippen LogP contribution in [0.25, 0.3) is 0 Å². The zero-order valence-corrected chi connectivity index (χ0v) is 9.05. The average Bonchev–Trinajstić information content (AvgIpc) is 2.11. The Bertz CT molecular complexity index is 90.7. The van der Waals surface area contributed by atoms with Gasteiger partial charge >= 0.3 is 9.53 Å².